The second kappa shape index (κ2) is 6.46. The number of nitrogens with zero attached hydrogens (tertiary/aromatic N) is 9. The lowest BCUT2D eigenvalue weighted by atomic mass is 9.96. The monoisotopic (exact) mass is 361 g/mol. The van der Waals surface area contributed by atoms with Crippen LogP contribution in [0.1, 0.15) is 36.7 Å². The zero-order valence-electron chi connectivity index (χ0n) is 14.9. The van der Waals surface area contributed by atoms with Gasteiger partial charge in [-0.25, -0.2) is 9.97 Å². The number of hydrogen-bond donors (Lipinski definition) is 0. The van der Waals surface area contributed by atoms with Crippen molar-refractivity contribution < 1.29 is 0 Å². The lowest BCUT2D eigenvalue weighted by Crippen LogP contribution is -2.38. The summed E-state index contributed by atoms with van der Waals surface area (Å²) in [5.41, 5.74) is 1.17. The molecule has 5 heterocycles. The molecule has 0 aliphatic carbocycles. The first kappa shape index (κ1) is 15.9. The topological polar surface area (TPSA) is 99.1 Å². The lowest BCUT2D eigenvalue weighted by Gasteiger charge is -2.32. The Labute approximate surface area is 156 Å². The van der Waals surface area contributed by atoms with Crippen molar-refractivity contribution in [1.29, 1.82) is 5.26 Å². The Kier molecular flexibility index (Phi) is 3.81. The maximum absolute atomic E-state index is 9.25. The highest BCUT2D eigenvalue weighted by atomic mass is 15.4. The van der Waals surface area contributed by atoms with E-state index in [1.54, 1.807) is 12.4 Å². The number of hydrogen-bond acceptors (Lipinski definition) is 8. The van der Waals surface area contributed by atoms with Crippen molar-refractivity contribution in [2.75, 3.05) is 36.0 Å². The summed E-state index contributed by atoms with van der Waals surface area (Å²) in [7, 11) is 0. The highest BCUT2D eigenvalue weighted by molar-refractivity contribution is 5.50. The normalized spacial score (nSPS) is 17.7. The van der Waals surface area contributed by atoms with Crippen molar-refractivity contribution in [3.8, 4) is 6.07 Å². The largest absolute Gasteiger partial charge is 0.355 e. The molecule has 0 amide bonds. The molecule has 2 saturated heterocycles. The number of fused-ring (bicyclic) bond motifs is 1. The molecule has 9 heteroatoms. The Hall–Kier alpha value is -3.28. The average Bonchev–Trinajstić information content (AvgIpc) is 3.10. The Morgan fingerprint density at radius 3 is 2.52 bits per heavy atom. The van der Waals surface area contributed by atoms with Gasteiger partial charge in [-0.3, -0.25) is 0 Å². The van der Waals surface area contributed by atoms with Crippen molar-refractivity contribution in [2.24, 2.45) is 0 Å². The second-order valence-electron chi connectivity index (χ2n) is 6.96. The molecule has 136 valence electrons. The molecular formula is C18H19N9. The molecule has 0 bridgehead atoms. The fraction of sp³-hybridized carbons (Fsp3) is 0.444. The van der Waals surface area contributed by atoms with Crippen LogP contribution >= 0.6 is 0 Å². The van der Waals surface area contributed by atoms with Gasteiger partial charge in [-0.05, 0) is 31.4 Å². The summed E-state index contributed by atoms with van der Waals surface area (Å²) >= 11 is 0. The fourth-order valence-corrected chi connectivity index (χ4v) is 3.75. The van der Waals surface area contributed by atoms with E-state index in [-0.39, 0.29) is 5.92 Å². The van der Waals surface area contributed by atoms with E-state index in [9.17, 15) is 5.26 Å². The quantitative estimate of drug-likeness (QED) is 0.690. The summed E-state index contributed by atoms with van der Waals surface area (Å²) in [5.74, 6) is 2.87. The van der Waals surface area contributed by atoms with Gasteiger partial charge in [0, 0.05) is 44.5 Å². The van der Waals surface area contributed by atoms with Crippen molar-refractivity contribution in [3.63, 3.8) is 0 Å². The number of piperidine rings is 1. The first-order valence-corrected chi connectivity index (χ1v) is 9.27. The molecule has 0 aromatic carbocycles. The van der Waals surface area contributed by atoms with Gasteiger partial charge >= 0.3 is 0 Å². The summed E-state index contributed by atoms with van der Waals surface area (Å²) in [6.07, 6.45) is 6.24. The third-order valence-corrected chi connectivity index (χ3v) is 5.40. The summed E-state index contributed by atoms with van der Waals surface area (Å²) in [5, 5.41) is 22.8. The third-order valence-electron chi connectivity index (χ3n) is 5.40. The summed E-state index contributed by atoms with van der Waals surface area (Å²) < 4.78 is 1.90. The predicted octanol–water partition coefficient (Wildman–Crippen LogP) is 1.38. The zero-order valence-corrected chi connectivity index (χ0v) is 14.9. The molecule has 0 spiro atoms. The van der Waals surface area contributed by atoms with Crippen molar-refractivity contribution in [3.05, 3.63) is 36.0 Å². The zero-order chi connectivity index (χ0) is 18.2. The summed E-state index contributed by atoms with van der Waals surface area (Å²) in [6.45, 7) is 3.74. The van der Waals surface area contributed by atoms with Crippen LogP contribution in [0.25, 0.3) is 5.65 Å². The van der Waals surface area contributed by atoms with Gasteiger partial charge in [-0.15, -0.1) is 15.3 Å². The minimum absolute atomic E-state index is 0.289. The molecule has 2 aliphatic heterocycles. The van der Waals surface area contributed by atoms with Crippen LogP contribution in [-0.2, 0) is 0 Å². The van der Waals surface area contributed by atoms with Crippen LogP contribution in [0.15, 0.2) is 24.5 Å². The second-order valence-corrected chi connectivity index (χ2v) is 6.96. The fourth-order valence-electron chi connectivity index (χ4n) is 3.75. The molecule has 3 aromatic rings. The Balaban J connectivity index is 1.37. The van der Waals surface area contributed by atoms with Gasteiger partial charge in [0.15, 0.2) is 23.0 Å². The third kappa shape index (κ3) is 2.73. The molecule has 5 rings (SSSR count). The molecule has 9 nitrogen and oxygen atoms in total. The molecule has 3 aromatic heterocycles. The van der Waals surface area contributed by atoms with Crippen molar-refractivity contribution in [2.45, 2.75) is 25.2 Å². The Morgan fingerprint density at radius 2 is 1.78 bits per heavy atom. The van der Waals surface area contributed by atoms with Gasteiger partial charge in [-0.2, -0.15) is 9.78 Å². The number of nitriles is 1. The van der Waals surface area contributed by atoms with Gasteiger partial charge in [0.25, 0.3) is 0 Å². The van der Waals surface area contributed by atoms with Gasteiger partial charge in [0.1, 0.15) is 11.9 Å². The van der Waals surface area contributed by atoms with Crippen LogP contribution in [-0.4, -0.2) is 56.0 Å². The first-order chi connectivity index (χ1) is 13.3. The summed E-state index contributed by atoms with van der Waals surface area (Å²) in [4.78, 5) is 12.9. The van der Waals surface area contributed by atoms with Crippen molar-refractivity contribution in [1.82, 2.24) is 29.8 Å². The minimum Gasteiger partial charge on any atom is -0.355 e. The Bertz CT molecular complexity index is 1010. The van der Waals surface area contributed by atoms with Crippen molar-refractivity contribution >= 4 is 17.3 Å². The molecule has 0 atom stereocenters. The van der Waals surface area contributed by atoms with Gasteiger partial charge < -0.3 is 9.80 Å². The molecule has 2 fully saturated rings. The van der Waals surface area contributed by atoms with E-state index in [0.717, 1.165) is 56.3 Å². The van der Waals surface area contributed by atoms with E-state index in [4.69, 9.17) is 5.10 Å². The van der Waals surface area contributed by atoms with Crippen LogP contribution in [0.2, 0.25) is 0 Å². The number of aromatic nitrogens is 6. The lowest BCUT2D eigenvalue weighted by molar-refractivity contribution is 0.474. The highest BCUT2D eigenvalue weighted by Crippen LogP contribution is 2.30. The number of anilines is 2. The van der Waals surface area contributed by atoms with Crippen LogP contribution in [0, 0.1) is 11.3 Å². The van der Waals surface area contributed by atoms with Gasteiger partial charge in [-0.1, -0.05) is 0 Å². The SMILES string of the molecule is N#Cc1nccnc1N1CCC(c2nnc3ccc(N4CCC4)nn23)CC1. The molecular weight excluding hydrogens is 342 g/mol. The first-order valence-electron chi connectivity index (χ1n) is 9.27. The van der Waals surface area contributed by atoms with Crippen LogP contribution in [0.3, 0.4) is 0 Å². The van der Waals surface area contributed by atoms with E-state index in [0.29, 0.717) is 11.5 Å². The highest BCUT2D eigenvalue weighted by Gasteiger charge is 2.27. The molecule has 0 unspecified atom stereocenters. The van der Waals surface area contributed by atoms with Crippen LogP contribution in [0.5, 0.6) is 0 Å². The average molecular weight is 361 g/mol. The molecule has 27 heavy (non-hydrogen) atoms. The van der Waals surface area contributed by atoms with Crippen LogP contribution in [0.4, 0.5) is 11.6 Å². The van der Waals surface area contributed by atoms with E-state index in [2.05, 4.69) is 36.0 Å². The van der Waals surface area contributed by atoms with E-state index < -0.39 is 0 Å². The standard InChI is InChI=1S/C18H19N9/c19-12-14-18(21-7-6-20-14)26-10-4-13(5-11-26)17-23-22-15-2-3-16(24-27(15)17)25-8-1-9-25/h2-3,6-7,13H,1,4-5,8-11H2. The molecule has 2 aliphatic rings. The van der Waals surface area contributed by atoms with E-state index in [1.165, 1.54) is 6.42 Å². The van der Waals surface area contributed by atoms with E-state index >= 15 is 0 Å². The molecule has 0 N–H and O–H groups in total. The molecule has 0 saturated carbocycles. The minimum atomic E-state index is 0.289. The predicted molar refractivity (Wildman–Crippen MR) is 98.5 cm³/mol. The van der Waals surface area contributed by atoms with E-state index in [1.807, 2.05) is 16.6 Å². The number of rotatable bonds is 3. The maximum atomic E-state index is 9.25. The Morgan fingerprint density at radius 1 is 0.963 bits per heavy atom. The molecule has 0 radical (unpaired) electrons. The smallest absolute Gasteiger partial charge is 0.183 e. The maximum Gasteiger partial charge on any atom is 0.183 e. The summed E-state index contributed by atoms with van der Waals surface area (Å²) in [6, 6.07) is 6.14. The van der Waals surface area contributed by atoms with Gasteiger partial charge in [0.05, 0.1) is 0 Å². The van der Waals surface area contributed by atoms with Crippen LogP contribution < -0.4 is 9.80 Å². The van der Waals surface area contributed by atoms with Gasteiger partial charge in [0.2, 0.25) is 0 Å².